The maximum Gasteiger partial charge on any atom is 0.144 e. The van der Waals surface area contributed by atoms with E-state index in [0.717, 1.165) is 21.3 Å². The molecule has 0 spiro atoms. The average Bonchev–Trinajstić information content (AvgIpc) is 2.47. The molecule has 0 N–H and O–H groups in total. The maximum atomic E-state index is 12.4. The molecule has 0 saturated carbocycles. The Kier molecular flexibility index (Phi) is 4.96. The van der Waals surface area contributed by atoms with E-state index in [1.165, 1.54) is 0 Å². The zero-order chi connectivity index (χ0) is 14.5. The highest BCUT2D eigenvalue weighted by Crippen LogP contribution is 2.26. The smallest absolute Gasteiger partial charge is 0.144 e. The SMILES string of the molecule is COc1ccc(Br)cc1CC(=O)C(C)c1ccccc1. The van der Waals surface area contributed by atoms with Gasteiger partial charge in [0, 0.05) is 22.4 Å². The summed E-state index contributed by atoms with van der Waals surface area (Å²) in [5.74, 6) is 0.828. The number of methoxy groups -OCH3 is 1. The standard InChI is InChI=1S/C17H17BrO2/c1-12(13-6-4-3-5-7-13)16(19)11-14-10-15(18)8-9-17(14)20-2/h3-10,12H,11H2,1-2H3. The van der Waals surface area contributed by atoms with E-state index in [1.54, 1.807) is 7.11 Å². The molecule has 2 aromatic rings. The van der Waals surface area contributed by atoms with Crippen LogP contribution in [0.15, 0.2) is 53.0 Å². The fourth-order valence-corrected chi connectivity index (χ4v) is 2.56. The second-order valence-electron chi connectivity index (χ2n) is 4.73. The summed E-state index contributed by atoms with van der Waals surface area (Å²) in [4.78, 5) is 12.4. The quantitative estimate of drug-likeness (QED) is 0.812. The summed E-state index contributed by atoms with van der Waals surface area (Å²) in [5.41, 5.74) is 1.96. The number of hydrogen-bond donors (Lipinski definition) is 0. The Labute approximate surface area is 127 Å². The minimum Gasteiger partial charge on any atom is -0.496 e. The molecule has 2 aromatic carbocycles. The van der Waals surface area contributed by atoms with E-state index in [4.69, 9.17) is 4.74 Å². The number of carbonyl (C=O) groups excluding carboxylic acids is 1. The van der Waals surface area contributed by atoms with Gasteiger partial charge in [0.15, 0.2) is 0 Å². The molecule has 3 heteroatoms. The number of ketones is 1. The van der Waals surface area contributed by atoms with Crippen LogP contribution in [0.5, 0.6) is 5.75 Å². The molecule has 0 radical (unpaired) electrons. The van der Waals surface area contributed by atoms with Crippen LogP contribution in [0.3, 0.4) is 0 Å². The van der Waals surface area contributed by atoms with Gasteiger partial charge in [-0.15, -0.1) is 0 Å². The largest absolute Gasteiger partial charge is 0.496 e. The molecular weight excluding hydrogens is 316 g/mol. The van der Waals surface area contributed by atoms with Crippen LogP contribution in [0.4, 0.5) is 0 Å². The van der Waals surface area contributed by atoms with Crippen molar-refractivity contribution in [1.82, 2.24) is 0 Å². The topological polar surface area (TPSA) is 26.3 Å². The molecular formula is C17H17BrO2. The Bertz CT molecular complexity index is 593. The van der Waals surface area contributed by atoms with Crippen LogP contribution in [0.1, 0.15) is 24.0 Å². The van der Waals surface area contributed by atoms with E-state index in [1.807, 2.05) is 55.5 Å². The van der Waals surface area contributed by atoms with Gasteiger partial charge in [-0.25, -0.2) is 0 Å². The van der Waals surface area contributed by atoms with Crippen molar-refractivity contribution in [3.63, 3.8) is 0 Å². The molecule has 0 fully saturated rings. The summed E-state index contributed by atoms with van der Waals surface area (Å²) in [6.45, 7) is 1.95. The highest BCUT2D eigenvalue weighted by molar-refractivity contribution is 9.10. The predicted molar refractivity (Wildman–Crippen MR) is 84.3 cm³/mol. The third-order valence-electron chi connectivity index (χ3n) is 3.39. The highest BCUT2D eigenvalue weighted by atomic mass is 79.9. The predicted octanol–water partition coefficient (Wildman–Crippen LogP) is 4.37. The molecule has 0 heterocycles. The molecule has 2 rings (SSSR count). The molecule has 0 saturated heterocycles. The van der Waals surface area contributed by atoms with Crippen LogP contribution in [-0.2, 0) is 11.2 Å². The van der Waals surface area contributed by atoms with Gasteiger partial charge in [-0.3, -0.25) is 4.79 Å². The van der Waals surface area contributed by atoms with Crippen LogP contribution >= 0.6 is 15.9 Å². The Balaban J connectivity index is 2.18. The van der Waals surface area contributed by atoms with Gasteiger partial charge in [0.25, 0.3) is 0 Å². The lowest BCUT2D eigenvalue weighted by Crippen LogP contribution is -2.12. The van der Waals surface area contributed by atoms with Gasteiger partial charge >= 0.3 is 0 Å². The fourth-order valence-electron chi connectivity index (χ4n) is 2.15. The van der Waals surface area contributed by atoms with Crippen molar-refractivity contribution in [2.45, 2.75) is 19.3 Å². The maximum absolute atomic E-state index is 12.4. The number of carbonyl (C=O) groups is 1. The summed E-state index contributed by atoms with van der Waals surface area (Å²) >= 11 is 3.43. The zero-order valence-electron chi connectivity index (χ0n) is 11.6. The van der Waals surface area contributed by atoms with Crippen LogP contribution < -0.4 is 4.74 Å². The molecule has 0 amide bonds. The number of hydrogen-bond acceptors (Lipinski definition) is 2. The first-order valence-corrected chi connectivity index (χ1v) is 7.31. The van der Waals surface area contributed by atoms with Crippen LogP contribution in [0.2, 0.25) is 0 Å². The van der Waals surface area contributed by atoms with E-state index >= 15 is 0 Å². The van der Waals surface area contributed by atoms with Gasteiger partial charge < -0.3 is 4.74 Å². The van der Waals surface area contributed by atoms with Gasteiger partial charge in [-0.1, -0.05) is 53.2 Å². The summed E-state index contributed by atoms with van der Waals surface area (Å²) in [5, 5.41) is 0. The Morgan fingerprint density at radius 2 is 1.90 bits per heavy atom. The Morgan fingerprint density at radius 1 is 1.20 bits per heavy atom. The molecule has 0 aromatic heterocycles. The number of ether oxygens (including phenoxy) is 1. The molecule has 1 unspecified atom stereocenters. The van der Waals surface area contributed by atoms with Gasteiger partial charge in [0.2, 0.25) is 0 Å². The van der Waals surface area contributed by atoms with Crippen LogP contribution in [0.25, 0.3) is 0 Å². The van der Waals surface area contributed by atoms with Gasteiger partial charge in [-0.05, 0) is 23.8 Å². The third-order valence-corrected chi connectivity index (χ3v) is 3.88. The highest BCUT2D eigenvalue weighted by Gasteiger charge is 2.17. The zero-order valence-corrected chi connectivity index (χ0v) is 13.2. The van der Waals surface area contributed by atoms with E-state index in [2.05, 4.69) is 15.9 Å². The summed E-state index contributed by atoms with van der Waals surface area (Å²) in [6, 6.07) is 15.6. The average molecular weight is 333 g/mol. The molecule has 1 atom stereocenters. The lowest BCUT2D eigenvalue weighted by Gasteiger charge is -2.13. The van der Waals surface area contributed by atoms with Crippen LogP contribution in [-0.4, -0.2) is 12.9 Å². The minimum absolute atomic E-state index is 0.111. The molecule has 104 valence electrons. The number of rotatable bonds is 5. The number of Topliss-reactive ketones (excluding diaryl/α,β-unsaturated/α-hetero) is 1. The second-order valence-corrected chi connectivity index (χ2v) is 5.65. The molecule has 0 aliphatic rings. The van der Waals surface area contributed by atoms with Crippen molar-refractivity contribution >= 4 is 21.7 Å². The summed E-state index contributed by atoms with van der Waals surface area (Å²) in [6.07, 6.45) is 0.374. The van der Waals surface area contributed by atoms with Crippen molar-refractivity contribution in [3.05, 3.63) is 64.1 Å². The molecule has 0 aliphatic carbocycles. The minimum atomic E-state index is -0.111. The van der Waals surface area contributed by atoms with E-state index in [9.17, 15) is 4.79 Å². The first-order chi connectivity index (χ1) is 9.61. The van der Waals surface area contributed by atoms with E-state index in [0.29, 0.717) is 6.42 Å². The summed E-state index contributed by atoms with van der Waals surface area (Å²) < 4.78 is 6.27. The van der Waals surface area contributed by atoms with Gasteiger partial charge in [-0.2, -0.15) is 0 Å². The first-order valence-electron chi connectivity index (χ1n) is 6.52. The van der Waals surface area contributed by atoms with Crippen molar-refractivity contribution in [1.29, 1.82) is 0 Å². The van der Waals surface area contributed by atoms with Crippen molar-refractivity contribution in [2.75, 3.05) is 7.11 Å². The van der Waals surface area contributed by atoms with Crippen LogP contribution in [0, 0.1) is 0 Å². The lowest BCUT2D eigenvalue weighted by molar-refractivity contribution is -0.119. The van der Waals surface area contributed by atoms with Crippen molar-refractivity contribution in [3.8, 4) is 5.75 Å². The second kappa shape index (κ2) is 6.71. The monoisotopic (exact) mass is 332 g/mol. The van der Waals surface area contributed by atoms with E-state index in [-0.39, 0.29) is 11.7 Å². The lowest BCUT2D eigenvalue weighted by atomic mass is 9.92. The van der Waals surface area contributed by atoms with Crippen molar-refractivity contribution < 1.29 is 9.53 Å². The summed E-state index contributed by atoms with van der Waals surface area (Å²) in [7, 11) is 1.62. The number of halogens is 1. The third kappa shape index (κ3) is 3.48. The van der Waals surface area contributed by atoms with Gasteiger partial charge in [0.1, 0.15) is 11.5 Å². The number of benzene rings is 2. The van der Waals surface area contributed by atoms with Gasteiger partial charge in [0.05, 0.1) is 7.11 Å². The molecule has 0 bridgehead atoms. The molecule has 20 heavy (non-hydrogen) atoms. The molecule has 2 nitrogen and oxygen atoms in total. The normalized spacial score (nSPS) is 11.9. The first kappa shape index (κ1) is 14.8. The van der Waals surface area contributed by atoms with Crippen molar-refractivity contribution in [2.24, 2.45) is 0 Å². The Morgan fingerprint density at radius 3 is 2.55 bits per heavy atom. The Hall–Kier alpha value is -1.61. The molecule has 0 aliphatic heterocycles. The fraction of sp³-hybridized carbons (Fsp3) is 0.235. The van der Waals surface area contributed by atoms with E-state index < -0.39 is 0 Å².